The average Bonchev–Trinajstić information content (AvgIpc) is 2.85. The molecule has 1 unspecified atom stereocenters. The highest BCUT2D eigenvalue weighted by atomic mass is 32.2. The van der Waals surface area contributed by atoms with Crippen molar-refractivity contribution in [1.29, 1.82) is 0 Å². The standard InChI is InChI=1S/C12H12N2O4S2/c1-7(5-10(15)18-2)20-9-4-3-8-11(13-6-19-8)12(9)14(16)17/h3-4,6-7H,5H2,1-2H3. The third-order valence-electron chi connectivity index (χ3n) is 2.63. The maximum absolute atomic E-state index is 11.3. The smallest absolute Gasteiger partial charge is 0.309 e. The summed E-state index contributed by atoms with van der Waals surface area (Å²) in [4.78, 5) is 26.6. The number of nitrogens with zero attached hydrogens (tertiary/aromatic N) is 2. The van der Waals surface area contributed by atoms with E-state index in [1.807, 2.05) is 13.0 Å². The van der Waals surface area contributed by atoms with Crippen LogP contribution in [0.25, 0.3) is 10.2 Å². The number of carbonyl (C=O) groups is 1. The fraction of sp³-hybridized carbons (Fsp3) is 0.333. The quantitative estimate of drug-likeness (QED) is 0.365. The van der Waals surface area contributed by atoms with Crippen molar-refractivity contribution in [3.63, 3.8) is 0 Å². The molecule has 20 heavy (non-hydrogen) atoms. The van der Waals surface area contributed by atoms with Gasteiger partial charge in [-0.15, -0.1) is 23.1 Å². The molecular weight excluding hydrogens is 300 g/mol. The molecule has 106 valence electrons. The van der Waals surface area contributed by atoms with Crippen LogP contribution in [0.3, 0.4) is 0 Å². The Morgan fingerprint density at radius 2 is 2.35 bits per heavy atom. The van der Waals surface area contributed by atoms with Gasteiger partial charge in [0.15, 0.2) is 5.52 Å². The lowest BCUT2D eigenvalue weighted by Crippen LogP contribution is -2.08. The molecule has 0 radical (unpaired) electrons. The molecule has 1 aromatic carbocycles. The van der Waals surface area contributed by atoms with E-state index in [0.717, 1.165) is 4.70 Å². The van der Waals surface area contributed by atoms with Gasteiger partial charge in [0.2, 0.25) is 0 Å². The summed E-state index contributed by atoms with van der Waals surface area (Å²) >= 11 is 2.64. The summed E-state index contributed by atoms with van der Waals surface area (Å²) in [6.45, 7) is 1.83. The maximum atomic E-state index is 11.3. The van der Waals surface area contributed by atoms with Gasteiger partial charge in [-0.2, -0.15) is 0 Å². The lowest BCUT2D eigenvalue weighted by Gasteiger charge is -2.10. The van der Waals surface area contributed by atoms with Crippen LogP contribution in [0.2, 0.25) is 0 Å². The minimum Gasteiger partial charge on any atom is -0.469 e. The Labute approximate surface area is 123 Å². The summed E-state index contributed by atoms with van der Waals surface area (Å²) in [5.41, 5.74) is 1.99. The monoisotopic (exact) mass is 312 g/mol. The number of carbonyl (C=O) groups excluding carboxylic acids is 1. The van der Waals surface area contributed by atoms with E-state index in [2.05, 4.69) is 9.72 Å². The summed E-state index contributed by atoms with van der Waals surface area (Å²) < 4.78 is 5.38. The topological polar surface area (TPSA) is 82.3 Å². The van der Waals surface area contributed by atoms with Crippen molar-refractivity contribution < 1.29 is 14.5 Å². The van der Waals surface area contributed by atoms with Gasteiger partial charge < -0.3 is 4.74 Å². The summed E-state index contributed by atoms with van der Waals surface area (Å²) in [7, 11) is 1.32. The first-order valence-electron chi connectivity index (χ1n) is 5.77. The number of hydrogen-bond donors (Lipinski definition) is 0. The molecule has 0 aliphatic rings. The highest BCUT2D eigenvalue weighted by Crippen LogP contribution is 2.38. The molecule has 0 amide bonds. The van der Waals surface area contributed by atoms with Crippen molar-refractivity contribution in [2.45, 2.75) is 23.5 Å². The van der Waals surface area contributed by atoms with E-state index in [4.69, 9.17) is 0 Å². The minimum absolute atomic E-state index is 0.00506. The molecule has 0 saturated carbocycles. The van der Waals surface area contributed by atoms with Crippen LogP contribution in [-0.2, 0) is 9.53 Å². The molecule has 0 N–H and O–H groups in total. The van der Waals surface area contributed by atoms with E-state index >= 15 is 0 Å². The molecule has 0 fully saturated rings. The van der Waals surface area contributed by atoms with Gasteiger partial charge in [-0.05, 0) is 12.1 Å². The second-order valence-electron chi connectivity index (χ2n) is 4.08. The van der Waals surface area contributed by atoms with E-state index in [-0.39, 0.29) is 23.3 Å². The van der Waals surface area contributed by atoms with Crippen molar-refractivity contribution >= 4 is 45.0 Å². The Kier molecular flexibility index (Phi) is 4.56. The zero-order chi connectivity index (χ0) is 14.7. The summed E-state index contributed by atoms with van der Waals surface area (Å²) in [6.07, 6.45) is 0.202. The van der Waals surface area contributed by atoms with E-state index in [1.54, 1.807) is 11.6 Å². The molecular formula is C12H12N2O4S2. The van der Waals surface area contributed by atoms with Crippen LogP contribution in [0, 0.1) is 10.1 Å². The Hall–Kier alpha value is -1.67. The van der Waals surface area contributed by atoms with Gasteiger partial charge in [0.1, 0.15) is 0 Å². The zero-order valence-corrected chi connectivity index (χ0v) is 12.5. The number of benzene rings is 1. The number of fused-ring (bicyclic) bond motifs is 1. The lowest BCUT2D eigenvalue weighted by molar-refractivity contribution is -0.386. The van der Waals surface area contributed by atoms with Crippen molar-refractivity contribution in [2.75, 3.05) is 7.11 Å². The van der Waals surface area contributed by atoms with Gasteiger partial charge in [-0.3, -0.25) is 14.9 Å². The number of esters is 1. The molecule has 2 rings (SSSR count). The number of aromatic nitrogens is 1. The van der Waals surface area contributed by atoms with Gasteiger partial charge in [0.25, 0.3) is 0 Å². The van der Waals surface area contributed by atoms with Crippen LogP contribution in [-0.4, -0.2) is 28.2 Å². The first kappa shape index (κ1) is 14.7. The SMILES string of the molecule is COC(=O)CC(C)Sc1ccc2scnc2c1[N+](=O)[O-]. The van der Waals surface area contributed by atoms with Crippen molar-refractivity contribution in [1.82, 2.24) is 4.98 Å². The first-order valence-corrected chi connectivity index (χ1v) is 7.53. The third-order valence-corrected chi connectivity index (χ3v) is 4.58. The van der Waals surface area contributed by atoms with Gasteiger partial charge >= 0.3 is 11.7 Å². The van der Waals surface area contributed by atoms with Crippen molar-refractivity contribution in [3.8, 4) is 0 Å². The van der Waals surface area contributed by atoms with Crippen molar-refractivity contribution in [2.24, 2.45) is 0 Å². The van der Waals surface area contributed by atoms with E-state index in [9.17, 15) is 14.9 Å². The summed E-state index contributed by atoms with van der Waals surface area (Å²) in [5.74, 6) is -0.331. The maximum Gasteiger partial charge on any atom is 0.309 e. The van der Waals surface area contributed by atoms with Crippen LogP contribution in [0.1, 0.15) is 13.3 Å². The largest absolute Gasteiger partial charge is 0.469 e. The fourth-order valence-corrected chi connectivity index (χ4v) is 3.51. The summed E-state index contributed by atoms with van der Waals surface area (Å²) in [6, 6.07) is 3.52. The Bertz CT molecular complexity index is 656. The first-order chi connectivity index (χ1) is 9.52. The molecule has 2 aromatic rings. The predicted molar refractivity (Wildman–Crippen MR) is 78.2 cm³/mol. The molecule has 0 bridgehead atoms. The second-order valence-corrected chi connectivity index (χ2v) is 6.44. The van der Waals surface area contributed by atoms with E-state index in [0.29, 0.717) is 10.4 Å². The van der Waals surface area contributed by atoms with Crippen LogP contribution in [0.4, 0.5) is 5.69 Å². The lowest BCUT2D eigenvalue weighted by atomic mass is 10.3. The number of rotatable bonds is 5. The molecule has 0 saturated heterocycles. The van der Waals surface area contributed by atoms with Crippen LogP contribution >= 0.6 is 23.1 Å². The van der Waals surface area contributed by atoms with Gasteiger partial charge in [0, 0.05) is 5.25 Å². The van der Waals surface area contributed by atoms with E-state index < -0.39 is 4.92 Å². The number of nitro groups is 1. The molecule has 0 spiro atoms. The normalized spacial score (nSPS) is 12.3. The zero-order valence-electron chi connectivity index (χ0n) is 10.9. The molecule has 8 heteroatoms. The number of nitro benzene ring substituents is 1. The number of hydrogen-bond acceptors (Lipinski definition) is 7. The highest BCUT2D eigenvalue weighted by molar-refractivity contribution is 8.00. The number of ether oxygens (including phenoxy) is 1. The Morgan fingerprint density at radius 1 is 1.60 bits per heavy atom. The van der Waals surface area contributed by atoms with Gasteiger partial charge in [-0.1, -0.05) is 6.92 Å². The number of thioether (sulfide) groups is 1. The number of methoxy groups -OCH3 is 1. The molecule has 1 aromatic heterocycles. The van der Waals surface area contributed by atoms with Crippen LogP contribution < -0.4 is 0 Å². The molecule has 0 aliphatic heterocycles. The van der Waals surface area contributed by atoms with Gasteiger partial charge in [-0.25, -0.2) is 4.98 Å². The van der Waals surface area contributed by atoms with Crippen molar-refractivity contribution in [3.05, 3.63) is 27.8 Å². The highest BCUT2D eigenvalue weighted by Gasteiger charge is 2.23. The third kappa shape index (κ3) is 3.07. The summed E-state index contributed by atoms with van der Waals surface area (Å²) in [5, 5.41) is 11.1. The Balaban J connectivity index is 2.31. The van der Waals surface area contributed by atoms with E-state index in [1.165, 1.54) is 30.2 Å². The second kappa shape index (κ2) is 6.19. The fourth-order valence-electron chi connectivity index (χ4n) is 1.75. The predicted octanol–water partition coefficient (Wildman–Crippen LogP) is 3.25. The molecule has 1 heterocycles. The molecule has 6 nitrogen and oxygen atoms in total. The van der Waals surface area contributed by atoms with Gasteiger partial charge in [0.05, 0.1) is 33.6 Å². The molecule has 0 aliphatic carbocycles. The van der Waals surface area contributed by atoms with Crippen LogP contribution in [0.5, 0.6) is 0 Å². The Morgan fingerprint density at radius 3 is 3.00 bits per heavy atom. The average molecular weight is 312 g/mol. The minimum atomic E-state index is -0.421. The van der Waals surface area contributed by atoms with Crippen LogP contribution in [0.15, 0.2) is 22.5 Å². The number of thiazole rings is 1. The molecule has 1 atom stereocenters.